The molecule has 0 aliphatic heterocycles. The molecule has 3 rings (SSSR count). The summed E-state index contributed by atoms with van der Waals surface area (Å²) in [6, 6.07) is 25.7. The van der Waals surface area contributed by atoms with Gasteiger partial charge in [0.05, 0.1) is 4.90 Å². The maximum absolute atomic E-state index is 13.3. The number of anilines is 1. The second kappa shape index (κ2) is 9.49. The first-order valence-electron chi connectivity index (χ1n) is 9.41. The van der Waals surface area contributed by atoms with Crippen LogP contribution in [0, 0.1) is 0 Å². The fourth-order valence-corrected chi connectivity index (χ4v) is 4.46. The molecule has 29 heavy (non-hydrogen) atoms. The average Bonchev–Trinajstić information content (AvgIpc) is 2.72. The molecule has 150 valence electrons. The van der Waals surface area contributed by atoms with Gasteiger partial charge in [0.2, 0.25) is 15.9 Å². The molecule has 0 heterocycles. The molecular formula is C23H24N2O3S. The largest absolute Gasteiger partial charge is 0.326 e. The SMILES string of the molecule is CC(=O)Nc1ccc(S(=O)(=O)N(CCc2ccccc2)Cc2ccccc2)cc1. The second-order valence-corrected chi connectivity index (χ2v) is 8.70. The average molecular weight is 409 g/mol. The van der Waals surface area contributed by atoms with E-state index in [0.29, 0.717) is 25.2 Å². The molecular weight excluding hydrogens is 384 g/mol. The summed E-state index contributed by atoms with van der Waals surface area (Å²) < 4.78 is 28.2. The predicted octanol–water partition coefficient (Wildman–Crippen LogP) is 4.08. The predicted molar refractivity (Wildman–Crippen MR) is 115 cm³/mol. The molecule has 0 atom stereocenters. The number of sulfonamides is 1. The number of nitrogens with zero attached hydrogens (tertiary/aromatic N) is 1. The van der Waals surface area contributed by atoms with Crippen LogP contribution in [-0.4, -0.2) is 25.2 Å². The number of amides is 1. The van der Waals surface area contributed by atoms with E-state index in [1.165, 1.54) is 23.4 Å². The standard InChI is InChI=1S/C23H24N2O3S/c1-19(26)24-22-12-14-23(15-13-22)29(27,28)25(18-21-10-6-3-7-11-21)17-16-20-8-4-2-5-9-20/h2-15H,16-18H2,1H3,(H,24,26). The van der Waals surface area contributed by atoms with Gasteiger partial charge in [0.15, 0.2) is 0 Å². The van der Waals surface area contributed by atoms with Crippen LogP contribution in [0.4, 0.5) is 5.69 Å². The Labute approximate surface area is 172 Å². The number of hydrogen-bond donors (Lipinski definition) is 1. The van der Waals surface area contributed by atoms with Crippen molar-refractivity contribution in [2.75, 3.05) is 11.9 Å². The highest BCUT2D eigenvalue weighted by Crippen LogP contribution is 2.21. The molecule has 0 unspecified atom stereocenters. The van der Waals surface area contributed by atoms with Gasteiger partial charge in [-0.1, -0.05) is 60.7 Å². The van der Waals surface area contributed by atoms with E-state index < -0.39 is 10.0 Å². The minimum atomic E-state index is -3.69. The van der Waals surface area contributed by atoms with Crippen molar-refractivity contribution in [3.63, 3.8) is 0 Å². The highest BCUT2D eigenvalue weighted by Gasteiger charge is 2.24. The molecule has 1 amide bonds. The van der Waals surface area contributed by atoms with Gasteiger partial charge in [-0.25, -0.2) is 8.42 Å². The maximum atomic E-state index is 13.3. The van der Waals surface area contributed by atoms with Crippen molar-refractivity contribution >= 4 is 21.6 Å². The zero-order valence-electron chi connectivity index (χ0n) is 16.3. The van der Waals surface area contributed by atoms with Crippen molar-refractivity contribution in [3.05, 3.63) is 96.1 Å². The Morgan fingerprint density at radius 2 is 1.38 bits per heavy atom. The fraction of sp³-hybridized carbons (Fsp3) is 0.174. The number of rotatable bonds is 8. The number of benzene rings is 3. The van der Waals surface area contributed by atoms with E-state index in [4.69, 9.17) is 0 Å². The first-order chi connectivity index (χ1) is 13.9. The van der Waals surface area contributed by atoms with Crippen LogP contribution in [-0.2, 0) is 27.8 Å². The smallest absolute Gasteiger partial charge is 0.243 e. The van der Waals surface area contributed by atoms with Crippen LogP contribution in [0.3, 0.4) is 0 Å². The van der Waals surface area contributed by atoms with E-state index >= 15 is 0 Å². The lowest BCUT2D eigenvalue weighted by molar-refractivity contribution is -0.114. The molecule has 0 bridgehead atoms. The van der Waals surface area contributed by atoms with E-state index in [1.54, 1.807) is 12.1 Å². The van der Waals surface area contributed by atoms with E-state index in [-0.39, 0.29) is 10.8 Å². The second-order valence-electron chi connectivity index (χ2n) is 6.77. The van der Waals surface area contributed by atoms with Crippen molar-refractivity contribution in [1.29, 1.82) is 0 Å². The first kappa shape index (κ1) is 20.8. The molecule has 3 aromatic rings. The Kier molecular flexibility index (Phi) is 6.80. The normalized spacial score (nSPS) is 11.4. The quantitative estimate of drug-likeness (QED) is 0.611. The third kappa shape index (κ3) is 5.76. The number of nitrogens with one attached hydrogen (secondary N) is 1. The maximum Gasteiger partial charge on any atom is 0.243 e. The van der Waals surface area contributed by atoms with Crippen molar-refractivity contribution in [1.82, 2.24) is 4.31 Å². The Balaban J connectivity index is 1.85. The third-order valence-electron chi connectivity index (χ3n) is 4.51. The van der Waals surface area contributed by atoms with Crippen molar-refractivity contribution < 1.29 is 13.2 Å². The van der Waals surface area contributed by atoms with Gasteiger partial charge in [0.25, 0.3) is 0 Å². The molecule has 0 aromatic heterocycles. The van der Waals surface area contributed by atoms with Gasteiger partial charge in [-0.3, -0.25) is 4.79 Å². The topological polar surface area (TPSA) is 66.5 Å². The lowest BCUT2D eigenvalue weighted by Gasteiger charge is -2.23. The van der Waals surface area contributed by atoms with Gasteiger partial charge in [-0.05, 0) is 41.8 Å². The molecule has 6 heteroatoms. The number of carbonyl (C=O) groups is 1. The number of carbonyl (C=O) groups excluding carboxylic acids is 1. The highest BCUT2D eigenvalue weighted by molar-refractivity contribution is 7.89. The molecule has 3 aromatic carbocycles. The van der Waals surface area contributed by atoms with Crippen LogP contribution < -0.4 is 5.32 Å². The van der Waals surface area contributed by atoms with Gasteiger partial charge < -0.3 is 5.32 Å². The monoisotopic (exact) mass is 408 g/mol. The summed E-state index contributed by atoms with van der Waals surface area (Å²) in [6.07, 6.45) is 0.622. The van der Waals surface area contributed by atoms with Gasteiger partial charge >= 0.3 is 0 Å². The summed E-state index contributed by atoms with van der Waals surface area (Å²) in [4.78, 5) is 11.4. The summed E-state index contributed by atoms with van der Waals surface area (Å²) >= 11 is 0. The van der Waals surface area contributed by atoms with E-state index in [0.717, 1.165) is 11.1 Å². The molecule has 0 saturated heterocycles. The summed E-state index contributed by atoms with van der Waals surface area (Å²) in [5, 5.41) is 2.65. The van der Waals surface area contributed by atoms with E-state index in [9.17, 15) is 13.2 Å². The van der Waals surface area contributed by atoms with Crippen LogP contribution >= 0.6 is 0 Å². The van der Waals surface area contributed by atoms with E-state index in [2.05, 4.69) is 5.32 Å². The molecule has 0 spiro atoms. The number of hydrogen-bond acceptors (Lipinski definition) is 3. The van der Waals surface area contributed by atoms with Crippen molar-refractivity contribution in [2.24, 2.45) is 0 Å². The van der Waals surface area contributed by atoms with Crippen LogP contribution in [0.25, 0.3) is 0 Å². The summed E-state index contributed by atoms with van der Waals surface area (Å²) in [5.74, 6) is -0.200. The van der Waals surface area contributed by atoms with Crippen LogP contribution in [0.5, 0.6) is 0 Å². The van der Waals surface area contributed by atoms with Crippen molar-refractivity contribution in [3.8, 4) is 0 Å². The van der Waals surface area contributed by atoms with Crippen molar-refractivity contribution in [2.45, 2.75) is 24.8 Å². The van der Waals surface area contributed by atoms with Crippen LogP contribution in [0.15, 0.2) is 89.8 Å². The van der Waals surface area contributed by atoms with Crippen LogP contribution in [0.1, 0.15) is 18.1 Å². The minimum Gasteiger partial charge on any atom is -0.326 e. The molecule has 0 aliphatic carbocycles. The Hall–Kier alpha value is -2.96. The van der Waals surface area contributed by atoms with Gasteiger partial charge in [-0.2, -0.15) is 4.31 Å². The third-order valence-corrected chi connectivity index (χ3v) is 6.37. The molecule has 0 fully saturated rings. The molecule has 1 N–H and O–H groups in total. The van der Waals surface area contributed by atoms with Gasteiger partial charge in [0, 0.05) is 25.7 Å². The van der Waals surface area contributed by atoms with E-state index in [1.807, 2.05) is 60.7 Å². The molecule has 5 nitrogen and oxygen atoms in total. The molecule has 0 radical (unpaired) electrons. The van der Waals surface area contributed by atoms with Crippen LogP contribution in [0.2, 0.25) is 0 Å². The minimum absolute atomic E-state index is 0.200. The molecule has 0 saturated carbocycles. The highest BCUT2D eigenvalue weighted by atomic mass is 32.2. The first-order valence-corrected chi connectivity index (χ1v) is 10.8. The summed E-state index contributed by atoms with van der Waals surface area (Å²) in [7, 11) is -3.69. The Morgan fingerprint density at radius 3 is 1.93 bits per heavy atom. The summed E-state index contributed by atoms with van der Waals surface area (Å²) in [5.41, 5.74) is 2.58. The Bertz CT molecular complexity index is 1030. The summed E-state index contributed by atoms with van der Waals surface area (Å²) in [6.45, 7) is 2.08. The Morgan fingerprint density at radius 1 is 0.828 bits per heavy atom. The zero-order valence-corrected chi connectivity index (χ0v) is 17.1. The lowest BCUT2D eigenvalue weighted by atomic mass is 10.1. The van der Waals surface area contributed by atoms with Gasteiger partial charge in [0.1, 0.15) is 0 Å². The van der Waals surface area contributed by atoms with Gasteiger partial charge in [-0.15, -0.1) is 0 Å². The zero-order chi connectivity index (χ0) is 20.7. The fourth-order valence-electron chi connectivity index (χ4n) is 3.03. The lowest BCUT2D eigenvalue weighted by Crippen LogP contribution is -2.32. The molecule has 0 aliphatic rings.